The molecule has 1 saturated heterocycles. The van der Waals surface area contributed by atoms with Crippen LogP contribution in [-0.4, -0.2) is 98.5 Å². The van der Waals surface area contributed by atoms with Crippen LogP contribution in [0.3, 0.4) is 0 Å². The maximum atomic E-state index is 9.59. The third-order valence-corrected chi connectivity index (χ3v) is 2.91. The molecule has 0 aromatic rings. The van der Waals surface area contributed by atoms with Crippen LogP contribution in [0.15, 0.2) is 0 Å². The van der Waals surface area contributed by atoms with Crippen molar-refractivity contribution in [2.75, 3.05) is 19.8 Å². The van der Waals surface area contributed by atoms with Gasteiger partial charge < -0.3 is 45.2 Å². The highest BCUT2D eigenvalue weighted by atomic mass is 16.7. The van der Waals surface area contributed by atoms with E-state index in [0.29, 0.717) is 0 Å². The fourth-order valence-corrected chi connectivity index (χ4v) is 1.63. The maximum Gasteiger partial charge on any atom is 0.186 e. The summed E-state index contributed by atoms with van der Waals surface area (Å²) in [6.45, 7) is -1.73. The Balaban J connectivity index is 2.52. The molecule has 0 radical (unpaired) electrons. The Hall–Kier alpha value is -0.360. The van der Waals surface area contributed by atoms with Gasteiger partial charge in [0.25, 0.3) is 0 Å². The van der Waals surface area contributed by atoms with Crippen LogP contribution in [0.5, 0.6) is 0 Å². The van der Waals surface area contributed by atoms with E-state index in [1.54, 1.807) is 0 Å². The zero-order valence-corrected chi connectivity index (χ0v) is 10.1. The lowest BCUT2D eigenvalue weighted by molar-refractivity contribution is -0.306. The second-order valence-corrected chi connectivity index (χ2v) is 4.35. The van der Waals surface area contributed by atoms with Crippen LogP contribution in [0.25, 0.3) is 0 Å². The zero-order chi connectivity index (χ0) is 14.6. The van der Waals surface area contributed by atoms with E-state index in [-0.39, 0.29) is 0 Å². The Kier molecular flexibility index (Phi) is 6.53. The van der Waals surface area contributed by atoms with Crippen molar-refractivity contribution in [3.63, 3.8) is 0 Å². The summed E-state index contributed by atoms with van der Waals surface area (Å²) in [6, 6.07) is 0. The highest BCUT2D eigenvalue weighted by molar-refractivity contribution is 4.89. The van der Waals surface area contributed by atoms with Crippen LogP contribution < -0.4 is 0 Å². The number of ether oxygens (including phenoxy) is 2. The van der Waals surface area contributed by atoms with E-state index in [0.717, 1.165) is 0 Å². The van der Waals surface area contributed by atoms with Crippen LogP contribution in [-0.2, 0) is 9.47 Å². The fraction of sp³-hybridized carbons (Fsp3) is 1.00. The molecule has 0 aliphatic carbocycles. The molecule has 0 saturated carbocycles. The minimum atomic E-state index is -1.57. The number of aliphatic hydroxyl groups is 7. The summed E-state index contributed by atoms with van der Waals surface area (Å²) in [4.78, 5) is 0. The number of hydrogen-bond acceptors (Lipinski definition) is 9. The van der Waals surface area contributed by atoms with Crippen molar-refractivity contribution in [1.82, 2.24) is 0 Å². The molecule has 1 heterocycles. The molecule has 7 N–H and O–H groups in total. The van der Waals surface area contributed by atoms with Crippen LogP contribution in [0, 0.1) is 0 Å². The first kappa shape index (κ1) is 16.7. The molecular weight excluding hydrogens is 264 g/mol. The third-order valence-electron chi connectivity index (χ3n) is 2.91. The minimum Gasteiger partial charge on any atom is -0.394 e. The van der Waals surface area contributed by atoms with E-state index in [2.05, 4.69) is 0 Å². The minimum absolute atomic E-state index is 0.468. The van der Waals surface area contributed by atoms with Gasteiger partial charge in [0, 0.05) is 0 Å². The van der Waals surface area contributed by atoms with Gasteiger partial charge in [-0.15, -0.1) is 0 Å². The molecule has 1 aliphatic rings. The van der Waals surface area contributed by atoms with Gasteiger partial charge in [0.1, 0.15) is 36.6 Å². The Morgan fingerprint density at radius 3 is 2.11 bits per heavy atom. The predicted octanol–water partition coefficient (Wildman–Crippen LogP) is -4.48. The maximum absolute atomic E-state index is 9.59. The highest BCUT2D eigenvalue weighted by Gasteiger charge is 2.44. The summed E-state index contributed by atoms with van der Waals surface area (Å²) in [6.07, 6.45) is -9.94. The Labute approximate surface area is 109 Å². The van der Waals surface area contributed by atoms with Crippen molar-refractivity contribution in [3.8, 4) is 0 Å². The standard InChI is InChI=1S/C10H20O9/c11-1-4(13)5(14)3-18-10-9(17)8(16)7(15)6(2-12)19-10/h4-17H,1-3H2/t4?,5?,6-,7-,8+,9-,10+/m1/s1. The lowest BCUT2D eigenvalue weighted by Gasteiger charge is -2.39. The second-order valence-electron chi connectivity index (χ2n) is 4.35. The first-order valence-corrected chi connectivity index (χ1v) is 5.81. The fourth-order valence-electron chi connectivity index (χ4n) is 1.63. The molecule has 19 heavy (non-hydrogen) atoms. The molecule has 9 nitrogen and oxygen atoms in total. The number of hydrogen-bond donors (Lipinski definition) is 7. The van der Waals surface area contributed by atoms with Gasteiger partial charge in [0.05, 0.1) is 19.8 Å². The average molecular weight is 284 g/mol. The molecule has 0 bridgehead atoms. The average Bonchev–Trinajstić information content (AvgIpc) is 2.42. The summed E-state index contributed by atoms with van der Waals surface area (Å²) in [5.41, 5.74) is 0. The quantitative estimate of drug-likeness (QED) is 0.255. The van der Waals surface area contributed by atoms with Crippen molar-refractivity contribution in [3.05, 3.63) is 0 Å². The summed E-state index contributed by atoms with van der Waals surface area (Å²) >= 11 is 0. The molecule has 7 atom stereocenters. The first-order valence-electron chi connectivity index (χ1n) is 5.81. The molecule has 0 aromatic carbocycles. The molecule has 1 aliphatic heterocycles. The Bertz CT molecular complexity index is 261. The van der Waals surface area contributed by atoms with Crippen LogP contribution >= 0.6 is 0 Å². The van der Waals surface area contributed by atoms with Crippen LogP contribution in [0.1, 0.15) is 0 Å². The van der Waals surface area contributed by atoms with E-state index in [1.807, 2.05) is 0 Å². The van der Waals surface area contributed by atoms with Gasteiger partial charge in [-0.1, -0.05) is 0 Å². The van der Waals surface area contributed by atoms with E-state index in [4.69, 9.17) is 24.8 Å². The summed E-state index contributed by atoms with van der Waals surface area (Å²) in [7, 11) is 0. The summed E-state index contributed by atoms with van der Waals surface area (Å²) < 4.78 is 9.96. The summed E-state index contributed by atoms with van der Waals surface area (Å²) in [5, 5.41) is 64.5. The molecule has 114 valence electrons. The van der Waals surface area contributed by atoms with Gasteiger partial charge in [-0.25, -0.2) is 0 Å². The van der Waals surface area contributed by atoms with Gasteiger partial charge in [-0.3, -0.25) is 0 Å². The van der Waals surface area contributed by atoms with E-state index in [1.165, 1.54) is 0 Å². The largest absolute Gasteiger partial charge is 0.394 e. The Morgan fingerprint density at radius 2 is 1.58 bits per heavy atom. The van der Waals surface area contributed by atoms with Crippen molar-refractivity contribution in [2.24, 2.45) is 0 Å². The molecule has 0 amide bonds. The van der Waals surface area contributed by atoms with E-state index < -0.39 is 62.7 Å². The van der Waals surface area contributed by atoms with Gasteiger partial charge in [0.2, 0.25) is 0 Å². The highest BCUT2D eigenvalue weighted by Crippen LogP contribution is 2.22. The smallest absolute Gasteiger partial charge is 0.186 e. The van der Waals surface area contributed by atoms with E-state index >= 15 is 0 Å². The van der Waals surface area contributed by atoms with Crippen molar-refractivity contribution in [2.45, 2.75) is 42.9 Å². The Morgan fingerprint density at radius 1 is 0.947 bits per heavy atom. The van der Waals surface area contributed by atoms with Gasteiger partial charge in [0.15, 0.2) is 6.29 Å². The van der Waals surface area contributed by atoms with Gasteiger partial charge in [-0.2, -0.15) is 0 Å². The number of rotatable bonds is 6. The van der Waals surface area contributed by atoms with Crippen molar-refractivity contribution in [1.29, 1.82) is 0 Å². The van der Waals surface area contributed by atoms with Crippen molar-refractivity contribution >= 4 is 0 Å². The molecule has 0 aromatic heterocycles. The molecular formula is C10H20O9. The molecule has 9 heteroatoms. The zero-order valence-electron chi connectivity index (χ0n) is 10.1. The lowest BCUT2D eigenvalue weighted by atomic mass is 9.99. The van der Waals surface area contributed by atoms with Crippen molar-refractivity contribution < 1.29 is 45.2 Å². The predicted molar refractivity (Wildman–Crippen MR) is 58.8 cm³/mol. The van der Waals surface area contributed by atoms with Crippen LogP contribution in [0.4, 0.5) is 0 Å². The van der Waals surface area contributed by atoms with Gasteiger partial charge >= 0.3 is 0 Å². The number of aliphatic hydroxyl groups excluding tert-OH is 7. The monoisotopic (exact) mass is 284 g/mol. The molecule has 0 spiro atoms. The third kappa shape index (κ3) is 4.05. The SMILES string of the molecule is OCC(O)C(O)CO[C@H]1O[C@H](CO)[C@@H](O)[C@H](O)[C@H]1O. The normalized spacial score (nSPS) is 39.0. The topological polar surface area (TPSA) is 160 Å². The first-order chi connectivity index (χ1) is 8.92. The molecule has 2 unspecified atom stereocenters. The van der Waals surface area contributed by atoms with E-state index in [9.17, 15) is 20.4 Å². The van der Waals surface area contributed by atoms with Gasteiger partial charge in [-0.05, 0) is 0 Å². The van der Waals surface area contributed by atoms with Crippen LogP contribution in [0.2, 0.25) is 0 Å². The molecule has 1 fully saturated rings. The lowest BCUT2D eigenvalue weighted by Crippen LogP contribution is -2.59. The summed E-state index contributed by atoms with van der Waals surface area (Å²) in [5.74, 6) is 0. The molecule has 1 rings (SSSR count). The second kappa shape index (κ2) is 7.43.